The second kappa shape index (κ2) is 4.26. The van der Waals surface area contributed by atoms with Crippen LogP contribution in [0.15, 0.2) is 12.1 Å². The Kier molecular flexibility index (Phi) is 3.13. The predicted octanol–water partition coefficient (Wildman–Crippen LogP) is 2.88. The van der Waals surface area contributed by atoms with E-state index >= 15 is 0 Å². The topological polar surface area (TPSA) is 16.1 Å². The van der Waals surface area contributed by atoms with Crippen LogP contribution < -0.4 is 0 Å². The summed E-state index contributed by atoms with van der Waals surface area (Å²) in [5, 5.41) is 0.438. The fourth-order valence-electron chi connectivity index (χ4n) is 1.91. The maximum atomic E-state index is 13.0. The van der Waals surface area contributed by atoms with Gasteiger partial charge in [-0.3, -0.25) is 4.90 Å². The van der Waals surface area contributed by atoms with Crippen LogP contribution in [0.5, 0.6) is 0 Å². The molecule has 1 aromatic heterocycles. The Balaban J connectivity index is 2.05. The van der Waals surface area contributed by atoms with Crippen molar-refractivity contribution < 1.29 is 8.78 Å². The van der Waals surface area contributed by atoms with Gasteiger partial charge in [-0.15, -0.1) is 0 Å². The fraction of sp³-hybridized carbons (Fsp3) is 0.545. The van der Waals surface area contributed by atoms with Crippen molar-refractivity contribution in [3.63, 3.8) is 0 Å². The highest BCUT2D eigenvalue weighted by molar-refractivity contribution is 6.29. The predicted molar refractivity (Wildman–Crippen MR) is 58.8 cm³/mol. The molecule has 0 spiro atoms. The van der Waals surface area contributed by atoms with Crippen molar-refractivity contribution in [3.05, 3.63) is 28.5 Å². The molecule has 1 saturated heterocycles. The van der Waals surface area contributed by atoms with Crippen molar-refractivity contribution in [2.24, 2.45) is 0 Å². The zero-order valence-corrected chi connectivity index (χ0v) is 9.77. The number of aromatic nitrogens is 1. The van der Waals surface area contributed by atoms with Crippen molar-refractivity contribution in [3.8, 4) is 0 Å². The van der Waals surface area contributed by atoms with Crippen molar-refractivity contribution >= 4 is 11.6 Å². The Labute approximate surface area is 98.2 Å². The maximum Gasteiger partial charge on any atom is 0.261 e. The molecule has 0 radical (unpaired) electrons. The molecule has 0 amide bonds. The Morgan fingerprint density at radius 1 is 1.50 bits per heavy atom. The lowest BCUT2D eigenvalue weighted by atomic mass is 10.2. The van der Waals surface area contributed by atoms with Gasteiger partial charge in [0.1, 0.15) is 5.15 Å². The Morgan fingerprint density at radius 2 is 2.25 bits per heavy atom. The molecule has 0 N–H and O–H groups in total. The zero-order valence-electron chi connectivity index (χ0n) is 9.01. The minimum absolute atomic E-state index is 0.0485. The minimum Gasteiger partial charge on any atom is -0.293 e. The minimum atomic E-state index is -2.53. The smallest absolute Gasteiger partial charge is 0.261 e. The summed E-state index contributed by atoms with van der Waals surface area (Å²) in [6.45, 7) is 2.64. The molecule has 16 heavy (non-hydrogen) atoms. The highest BCUT2D eigenvalue weighted by atomic mass is 35.5. The number of rotatable bonds is 2. The highest BCUT2D eigenvalue weighted by Crippen LogP contribution is 2.28. The summed E-state index contributed by atoms with van der Waals surface area (Å²) < 4.78 is 26.0. The van der Waals surface area contributed by atoms with Crippen LogP contribution in [0.2, 0.25) is 5.15 Å². The van der Waals surface area contributed by atoms with Crippen molar-refractivity contribution in [2.45, 2.75) is 25.8 Å². The normalized spacial score (nSPS) is 20.2. The second-order valence-electron chi connectivity index (χ2n) is 4.20. The van der Waals surface area contributed by atoms with Crippen LogP contribution in [0.3, 0.4) is 0 Å². The van der Waals surface area contributed by atoms with Gasteiger partial charge in [0.2, 0.25) is 0 Å². The Bertz CT molecular complexity index is 396. The molecular formula is C11H13ClF2N2. The summed E-state index contributed by atoms with van der Waals surface area (Å²) in [5.74, 6) is -2.53. The largest absolute Gasteiger partial charge is 0.293 e. The van der Waals surface area contributed by atoms with E-state index in [0.717, 1.165) is 11.3 Å². The quantitative estimate of drug-likeness (QED) is 0.746. The Hall–Kier alpha value is -0.740. The SMILES string of the molecule is Cc1nc(Cl)ccc1CN1CCC(F)(F)C1. The van der Waals surface area contributed by atoms with E-state index in [0.29, 0.717) is 18.2 Å². The van der Waals surface area contributed by atoms with Crippen LogP contribution in [-0.4, -0.2) is 28.9 Å². The molecule has 1 aromatic rings. The number of alkyl halides is 2. The number of hydrogen-bond donors (Lipinski definition) is 0. The van der Waals surface area contributed by atoms with Gasteiger partial charge in [-0.2, -0.15) is 0 Å². The van der Waals surface area contributed by atoms with Gasteiger partial charge in [-0.1, -0.05) is 17.7 Å². The average molecular weight is 247 g/mol. The van der Waals surface area contributed by atoms with E-state index in [4.69, 9.17) is 11.6 Å². The summed E-state index contributed by atoms with van der Waals surface area (Å²) in [6.07, 6.45) is -0.0485. The summed E-state index contributed by atoms with van der Waals surface area (Å²) in [7, 11) is 0. The molecule has 0 bridgehead atoms. The molecule has 0 saturated carbocycles. The van der Waals surface area contributed by atoms with Gasteiger partial charge < -0.3 is 0 Å². The monoisotopic (exact) mass is 246 g/mol. The summed E-state index contributed by atoms with van der Waals surface area (Å²) >= 11 is 5.73. The van der Waals surface area contributed by atoms with Gasteiger partial charge >= 0.3 is 0 Å². The maximum absolute atomic E-state index is 13.0. The molecule has 0 aliphatic carbocycles. The summed E-state index contributed by atoms with van der Waals surface area (Å²) in [5.41, 5.74) is 1.77. The lowest BCUT2D eigenvalue weighted by Gasteiger charge is -2.16. The van der Waals surface area contributed by atoms with Gasteiger partial charge in [0, 0.05) is 25.2 Å². The van der Waals surface area contributed by atoms with Crippen LogP contribution in [0.1, 0.15) is 17.7 Å². The number of likely N-dealkylation sites (tertiary alicyclic amines) is 1. The van der Waals surface area contributed by atoms with E-state index in [1.54, 1.807) is 11.0 Å². The van der Waals surface area contributed by atoms with Crippen LogP contribution in [-0.2, 0) is 6.54 Å². The lowest BCUT2D eigenvalue weighted by Crippen LogP contribution is -2.25. The van der Waals surface area contributed by atoms with Gasteiger partial charge in [0.25, 0.3) is 5.92 Å². The second-order valence-corrected chi connectivity index (χ2v) is 4.58. The highest BCUT2D eigenvalue weighted by Gasteiger charge is 2.37. The first kappa shape index (κ1) is 11.7. The first-order valence-corrected chi connectivity index (χ1v) is 5.56. The Morgan fingerprint density at radius 3 is 2.81 bits per heavy atom. The molecule has 1 aliphatic heterocycles. The third kappa shape index (κ3) is 2.68. The van der Waals surface area contributed by atoms with E-state index in [1.165, 1.54) is 0 Å². The van der Waals surface area contributed by atoms with Crippen molar-refractivity contribution in [1.82, 2.24) is 9.88 Å². The number of aryl methyl sites for hydroxylation is 1. The number of nitrogens with zero attached hydrogens (tertiary/aromatic N) is 2. The van der Waals surface area contributed by atoms with E-state index in [1.807, 2.05) is 13.0 Å². The van der Waals surface area contributed by atoms with Gasteiger partial charge in [0.05, 0.1) is 6.54 Å². The van der Waals surface area contributed by atoms with Crippen LogP contribution in [0.25, 0.3) is 0 Å². The van der Waals surface area contributed by atoms with Crippen LogP contribution >= 0.6 is 11.6 Å². The lowest BCUT2D eigenvalue weighted by molar-refractivity contribution is 0.0115. The van der Waals surface area contributed by atoms with Crippen molar-refractivity contribution in [2.75, 3.05) is 13.1 Å². The number of halogens is 3. The summed E-state index contributed by atoms with van der Waals surface area (Å²) in [4.78, 5) is 5.85. The fourth-order valence-corrected chi connectivity index (χ4v) is 2.10. The number of hydrogen-bond acceptors (Lipinski definition) is 2. The van der Waals surface area contributed by atoms with Crippen molar-refractivity contribution in [1.29, 1.82) is 0 Å². The zero-order chi connectivity index (χ0) is 11.8. The molecule has 0 unspecified atom stereocenters. The van der Waals surface area contributed by atoms with E-state index in [9.17, 15) is 8.78 Å². The summed E-state index contributed by atoms with van der Waals surface area (Å²) in [6, 6.07) is 3.54. The molecular weight excluding hydrogens is 234 g/mol. The van der Waals surface area contributed by atoms with E-state index in [-0.39, 0.29) is 13.0 Å². The molecule has 1 fully saturated rings. The third-order valence-corrected chi connectivity index (χ3v) is 3.01. The van der Waals surface area contributed by atoms with Gasteiger partial charge in [-0.25, -0.2) is 13.8 Å². The van der Waals surface area contributed by atoms with Gasteiger partial charge in [0.15, 0.2) is 0 Å². The molecule has 0 atom stereocenters. The molecule has 1 aliphatic rings. The first-order valence-electron chi connectivity index (χ1n) is 5.18. The average Bonchev–Trinajstić information content (AvgIpc) is 2.51. The van der Waals surface area contributed by atoms with Gasteiger partial charge in [-0.05, 0) is 18.6 Å². The van der Waals surface area contributed by atoms with E-state index in [2.05, 4.69) is 4.98 Å². The van der Waals surface area contributed by atoms with Crippen LogP contribution in [0.4, 0.5) is 8.78 Å². The molecule has 5 heteroatoms. The standard InChI is InChI=1S/C11H13ClF2N2/c1-8-9(2-3-10(12)15-8)6-16-5-4-11(13,14)7-16/h2-3H,4-7H2,1H3. The molecule has 2 nitrogen and oxygen atoms in total. The molecule has 88 valence electrons. The molecule has 0 aromatic carbocycles. The van der Waals surface area contributed by atoms with E-state index < -0.39 is 5.92 Å². The first-order chi connectivity index (χ1) is 7.46. The van der Waals surface area contributed by atoms with Crippen LogP contribution in [0, 0.1) is 6.92 Å². The molecule has 2 rings (SSSR count). The third-order valence-electron chi connectivity index (χ3n) is 2.80. The number of pyridine rings is 1. The molecule has 2 heterocycles.